The quantitative estimate of drug-likeness (QED) is 0.145. The van der Waals surface area contributed by atoms with E-state index < -0.39 is 22.8 Å². The molecule has 0 bridgehead atoms. The van der Waals surface area contributed by atoms with E-state index in [0.717, 1.165) is 27.1 Å². The van der Waals surface area contributed by atoms with Crippen molar-refractivity contribution in [1.82, 2.24) is 5.32 Å². The Morgan fingerprint density at radius 3 is 2.14 bits per heavy atom. The van der Waals surface area contributed by atoms with Crippen LogP contribution in [-0.2, 0) is 16.2 Å². The molecule has 1 aliphatic heterocycles. The van der Waals surface area contributed by atoms with E-state index in [1.807, 2.05) is 24.3 Å². The molecule has 3 aromatic rings. The Hall–Kier alpha value is -3.35. The summed E-state index contributed by atoms with van der Waals surface area (Å²) in [6.07, 6.45) is 1.34. The van der Waals surface area contributed by atoms with Crippen LogP contribution in [0.25, 0.3) is 6.08 Å². The molecule has 1 heterocycles. The van der Waals surface area contributed by atoms with Crippen molar-refractivity contribution in [1.29, 1.82) is 0 Å². The van der Waals surface area contributed by atoms with Crippen LogP contribution < -0.4 is 15.0 Å². The lowest BCUT2D eigenvalue weighted by molar-refractivity contribution is -0.384. The van der Waals surface area contributed by atoms with Crippen LogP contribution in [0.3, 0.4) is 0 Å². The molecule has 1 aliphatic rings. The van der Waals surface area contributed by atoms with E-state index >= 15 is 0 Å². The Morgan fingerprint density at radius 2 is 1.56 bits per heavy atom. The molecule has 1 N–H and O–H groups in total. The number of ether oxygens (including phenoxy) is 1. The molecule has 1 saturated heterocycles. The van der Waals surface area contributed by atoms with E-state index in [1.165, 1.54) is 18.2 Å². The number of imide groups is 2. The van der Waals surface area contributed by atoms with Crippen LogP contribution in [0, 0.1) is 10.1 Å². The maximum Gasteiger partial charge on any atom is 0.335 e. The zero-order valence-corrected chi connectivity index (χ0v) is 22.8. The summed E-state index contributed by atoms with van der Waals surface area (Å²) in [5.41, 5.74) is 1.05. The van der Waals surface area contributed by atoms with Crippen molar-refractivity contribution in [2.75, 3.05) is 4.90 Å². The number of nitro groups is 1. The molecule has 4 amide bonds. The molecule has 3 aromatic carbocycles. The zero-order valence-electron chi connectivity index (χ0n) is 18.0. The number of nitrogens with one attached hydrogen (secondary N) is 1. The lowest BCUT2D eigenvalue weighted by atomic mass is 10.1. The second kappa shape index (κ2) is 10.7. The molecule has 0 spiro atoms. The van der Waals surface area contributed by atoms with E-state index in [4.69, 9.17) is 4.74 Å². The van der Waals surface area contributed by atoms with Gasteiger partial charge in [0.05, 0.1) is 19.6 Å². The van der Waals surface area contributed by atoms with Gasteiger partial charge in [-0.05, 0) is 85.5 Å². The van der Waals surface area contributed by atoms with Gasteiger partial charge in [0.1, 0.15) is 17.9 Å². The van der Waals surface area contributed by atoms with Crippen LogP contribution in [0.4, 0.5) is 16.2 Å². The average molecular weight is 680 g/mol. The lowest BCUT2D eigenvalue weighted by Gasteiger charge is -2.26. The van der Waals surface area contributed by atoms with Gasteiger partial charge in [-0.3, -0.25) is 25.0 Å². The van der Waals surface area contributed by atoms with E-state index in [-0.39, 0.29) is 16.9 Å². The predicted molar refractivity (Wildman–Crippen MR) is 142 cm³/mol. The topological polar surface area (TPSA) is 119 Å². The number of non-ortho nitro benzene ring substituents is 1. The smallest absolute Gasteiger partial charge is 0.335 e. The van der Waals surface area contributed by atoms with Gasteiger partial charge in [-0.2, -0.15) is 0 Å². The molecular formula is C24H14Br3N3O6. The van der Waals surface area contributed by atoms with Crippen molar-refractivity contribution >= 4 is 83.1 Å². The van der Waals surface area contributed by atoms with E-state index in [9.17, 15) is 24.5 Å². The number of barbiturate groups is 1. The van der Waals surface area contributed by atoms with Gasteiger partial charge < -0.3 is 4.74 Å². The zero-order chi connectivity index (χ0) is 26.0. The number of nitro benzene ring substituents is 1. The van der Waals surface area contributed by atoms with Crippen molar-refractivity contribution in [2.24, 2.45) is 0 Å². The average Bonchev–Trinajstić information content (AvgIpc) is 2.82. The number of amides is 4. The van der Waals surface area contributed by atoms with Gasteiger partial charge in [0.2, 0.25) is 0 Å². The minimum atomic E-state index is -0.949. The van der Waals surface area contributed by atoms with Gasteiger partial charge in [0.15, 0.2) is 0 Å². The molecule has 0 saturated carbocycles. The molecule has 12 heteroatoms. The number of carbonyl (C=O) groups excluding carboxylic acids is 3. The van der Waals surface area contributed by atoms with Gasteiger partial charge in [-0.15, -0.1) is 0 Å². The van der Waals surface area contributed by atoms with Crippen LogP contribution in [-0.4, -0.2) is 22.8 Å². The molecular weight excluding hydrogens is 666 g/mol. The summed E-state index contributed by atoms with van der Waals surface area (Å²) < 4.78 is 8.03. The summed E-state index contributed by atoms with van der Waals surface area (Å²) in [4.78, 5) is 49.0. The van der Waals surface area contributed by atoms with E-state index in [0.29, 0.717) is 26.9 Å². The minimum Gasteiger partial charge on any atom is -0.487 e. The summed E-state index contributed by atoms with van der Waals surface area (Å²) in [5.74, 6) is -1.19. The number of urea groups is 1. The number of hydrogen-bond donors (Lipinski definition) is 1. The van der Waals surface area contributed by atoms with Crippen LogP contribution >= 0.6 is 47.8 Å². The van der Waals surface area contributed by atoms with Crippen molar-refractivity contribution in [3.05, 3.63) is 101 Å². The van der Waals surface area contributed by atoms with Gasteiger partial charge in [0.25, 0.3) is 17.5 Å². The highest BCUT2D eigenvalue weighted by molar-refractivity contribution is 9.11. The van der Waals surface area contributed by atoms with E-state index in [2.05, 4.69) is 53.1 Å². The monoisotopic (exact) mass is 677 g/mol. The fraction of sp³-hybridized carbons (Fsp3) is 0.0417. The number of hydrogen-bond acceptors (Lipinski definition) is 6. The van der Waals surface area contributed by atoms with Crippen LogP contribution in [0.15, 0.2) is 79.7 Å². The van der Waals surface area contributed by atoms with Crippen LogP contribution in [0.5, 0.6) is 5.75 Å². The minimum absolute atomic E-state index is 0.0838. The fourth-order valence-electron chi connectivity index (χ4n) is 3.32. The maximum absolute atomic E-state index is 13.1. The molecule has 182 valence electrons. The Balaban J connectivity index is 1.59. The Labute approximate surface area is 229 Å². The summed E-state index contributed by atoms with van der Waals surface area (Å²) in [7, 11) is 0. The Morgan fingerprint density at radius 1 is 0.944 bits per heavy atom. The summed E-state index contributed by atoms with van der Waals surface area (Å²) in [6.45, 7) is 0.318. The molecule has 0 atom stereocenters. The number of anilines is 1. The molecule has 0 aromatic heterocycles. The first-order valence-electron chi connectivity index (χ1n) is 10.2. The highest BCUT2D eigenvalue weighted by atomic mass is 79.9. The Kier molecular flexibility index (Phi) is 7.67. The summed E-state index contributed by atoms with van der Waals surface area (Å²) >= 11 is 10.3. The second-order valence-corrected chi connectivity index (χ2v) is 10.1. The van der Waals surface area contributed by atoms with E-state index in [1.54, 1.807) is 12.1 Å². The molecule has 9 nitrogen and oxygen atoms in total. The van der Waals surface area contributed by atoms with Gasteiger partial charge in [-0.1, -0.05) is 28.1 Å². The number of carbonyl (C=O) groups is 3. The summed E-state index contributed by atoms with van der Waals surface area (Å²) in [6, 6.07) is 14.9. The molecule has 0 unspecified atom stereocenters. The first kappa shape index (κ1) is 25.7. The third-order valence-electron chi connectivity index (χ3n) is 5.05. The predicted octanol–water partition coefficient (Wildman–Crippen LogP) is 6.13. The first-order chi connectivity index (χ1) is 17.1. The number of rotatable bonds is 6. The highest BCUT2D eigenvalue weighted by Crippen LogP contribution is 2.36. The van der Waals surface area contributed by atoms with Crippen molar-refractivity contribution in [3.63, 3.8) is 0 Å². The number of nitrogens with zero attached hydrogens (tertiary/aromatic N) is 2. The maximum atomic E-state index is 13.1. The Bertz CT molecular complexity index is 1400. The second-order valence-electron chi connectivity index (χ2n) is 7.46. The lowest BCUT2D eigenvalue weighted by Crippen LogP contribution is -2.54. The molecule has 4 rings (SSSR count). The third kappa shape index (κ3) is 5.55. The SMILES string of the molecule is O=C1NC(=O)N(c2ccc([N+](=O)[O-])cc2)C(=O)/C1=C/c1cc(Br)c(OCc2ccc(Br)cc2)c(Br)c1. The van der Waals surface area contributed by atoms with Crippen LogP contribution in [0.2, 0.25) is 0 Å². The normalized spacial score (nSPS) is 14.7. The largest absolute Gasteiger partial charge is 0.487 e. The highest BCUT2D eigenvalue weighted by Gasteiger charge is 2.37. The standard InChI is InChI=1S/C24H14Br3N3O6/c25-15-3-1-13(2-4-15)12-36-21-19(26)10-14(11-20(21)27)9-18-22(31)28-24(33)29(23(18)32)16-5-7-17(8-6-16)30(34)35/h1-11H,12H2,(H,28,31,33)/b18-9+. The number of benzene rings is 3. The van der Waals surface area contributed by atoms with Gasteiger partial charge in [-0.25, -0.2) is 9.69 Å². The summed E-state index contributed by atoms with van der Waals surface area (Å²) in [5, 5.41) is 13.0. The van der Waals surface area contributed by atoms with Crippen molar-refractivity contribution < 1.29 is 24.0 Å². The van der Waals surface area contributed by atoms with Crippen molar-refractivity contribution in [3.8, 4) is 5.75 Å². The molecule has 36 heavy (non-hydrogen) atoms. The van der Waals surface area contributed by atoms with Crippen molar-refractivity contribution in [2.45, 2.75) is 6.61 Å². The molecule has 0 aliphatic carbocycles. The van der Waals surface area contributed by atoms with Crippen LogP contribution in [0.1, 0.15) is 11.1 Å². The molecule has 1 fully saturated rings. The third-order valence-corrected chi connectivity index (χ3v) is 6.76. The number of halogens is 3. The van der Waals surface area contributed by atoms with Gasteiger partial charge >= 0.3 is 6.03 Å². The van der Waals surface area contributed by atoms with Gasteiger partial charge in [0, 0.05) is 16.6 Å². The first-order valence-corrected chi connectivity index (χ1v) is 12.5. The fourth-order valence-corrected chi connectivity index (χ4v) is 5.03. The molecule has 0 radical (unpaired) electrons.